The molecule has 18 heavy (non-hydrogen) atoms. The SMILES string of the molecule is Cc1ccc(-c2cccc(F)c2)c(CC(=O)O)n1. The Labute approximate surface area is 104 Å². The summed E-state index contributed by atoms with van der Waals surface area (Å²) in [4.78, 5) is 15.0. The number of carboxylic acid groups (broad SMARTS) is 1. The van der Waals surface area contributed by atoms with E-state index in [-0.39, 0.29) is 12.2 Å². The van der Waals surface area contributed by atoms with Crippen LogP contribution < -0.4 is 0 Å². The molecule has 2 rings (SSSR count). The Morgan fingerprint density at radius 2 is 2.11 bits per heavy atom. The van der Waals surface area contributed by atoms with Crippen molar-refractivity contribution in [3.63, 3.8) is 0 Å². The van der Waals surface area contributed by atoms with Gasteiger partial charge in [0, 0.05) is 11.3 Å². The van der Waals surface area contributed by atoms with Crippen molar-refractivity contribution in [1.82, 2.24) is 4.98 Å². The van der Waals surface area contributed by atoms with E-state index in [1.54, 1.807) is 31.2 Å². The average Bonchev–Trinajstić information content (AvgIpc) is 2.28. The van der Waals surface area contributed by atoms with Crippen LogP contribution in [0.3, 0.4) is 0 Å². The molecule has 0 saturated carbocycles. The number of aromatic nitrogens is 1. The van der Waals surface area contributed by atoms with Crippen LogP contribution in [0.4, 0.5) is 4.39 Å². The van der Waals surface area contributed by atoms with E-state index < -0.39 is 5.97 Å². The van der Waals surface area contributed by atoms with Crippen molar-refractivity contribution in [2.75, 3.05) is 0 Å². The number of benzene rings is 1. The Hall–Kier alpha value is -2.23. The van der Waals surface area contributed by atoms with Crippen LogP contribution in [0.2, 0.25) is 0 Å². The number of aryl methyl sites for hydroxylation is 1. The molecule has 2 aromatic rings. The quantitative estimate of drug-likeness (QED) is 0.904. The molecule has 0 radical (unpaired) electrons. The molecule has 0 bridgehead atoms. The van der Waals surface area contributed by atoms with E-state index >= 15 is 0 Å². The summed E-state index contributed by atoms with van der Waals surface area (Å²) in [5.74, 6) is -1.31. The first-order valence-corrected chi connectivity index (χ1v) is 5.50. The third-order valence-electron chi connectivity index (χ3n) is 2.57. The maximum Gasteiger partial charge on any atom is 0.309 e. The summed E-state index contributed by atoms with van der Waals surface area (Å²) in [5, 5.41) is 8.87. The van der Waals surface area contributed by atoms with Crippen LogP contribution in [0.5, 0.6) is 0 Å². The number of rotatable bonds is 3. The lowest BCUT2D eigenvalue weighted by molar-refractivity contribution is -0.136. The van der Waals surface area contributed by atoms with Gasteiger partial charge in [-0.3, -0.25) is 9.78 Å². The van der Waals surface area contributed by atoms with E-state index in [0.717, 1.165) is 5.69 Å². The van der Waals surface area contributed by atoms with Crippen LogP contribution in [0.25, 0.3) is 11.1 Å². The molecule has 0 atom stereocenters. The van der Waals surface area contributed by atoms with Crippen molar-refractivity contribution in [2.24, 2.45) is 0 Å². The molecule has 0 saturated heterocycles. The molecule has 1 aromatic heterocycles. The number of pyridine rings is 1. The van der Waals surface area contributed by atoms with Gasteiger partial charge in [0.05, 0.1) is 12.1 Å². The van der Waals surface area contributed by atoms with E-state index in [1.165, 1.54) is 12.1 Å². The highest BCUT2D eigenvalue weighted by Gasteiger charge is 2.11. The van der Waals surface area contributed by atoms with Gasteiger partial charge in [0.1, 0.15) is 5.82 Å². The largest absolute Gasteiger partial charge is 0.481 e. The Balaban J connectivity index is 2.52. The van der Waals surface area contributed by atoms with Gasteiger partial charge in [-0.15, -0.1) is 0 Å². The van der Waals surface area contributed by atoms with E-state index in [2.05, 4.69) is 4.98 Å². The molecule has 1 heterocycles. The summed E-state index contributed by atoms with van der Waals surface area (Å²) in [6.45, 7) is 1.79. The zero-order valence-corrected chi connectivity index (χ0v) is 9.85. The van der Waals surface area contributed by atoms with E-state index in [4.69, 9.17) is 5.11 Å². The maximum atomic E-state index is 13.2. The van der Waals surface area contributed by atoms with Crippen LogP contribution in [0.15, 0.2) is 36.4 Å². The maximum absolute atomic E-state index is 13.2. The number of hydrogen-bond acceptors (Lipinski definition) is 2. The van der Waals surface area contributed by atoms with Gasteiger partial charge in [-0.2, -0.15) is 0 Å². The lowest BCUT2D eigenvalue weighted by Gasteiger charge is -2.08. The van der Waals surface area contributed by atoms with Crippen LogP contribution in [-0.2, 0) is 11.2 Å². The van der Waals surface area contributed by atoms with Gasteiger partial charge in [-0.25, -0.2) is 4.39 Å². The smallest absolute Gasteiger partial charge is 0.309 e. The van der Waals surface area contributed by atoms with E-state index in [1.807, 2.05) is 0 Å². The zero-order chi connectivity index (χ0) is 13.1. The van der Waals surface area contributed by atoms with Gasteiger partial charge in [-0.05, 0) is 30.7 Å². The zero-order valence-electron chi connectivity index (χ0n) is 9.85. The number of carboxylic acids is 1. The minimum atomic E-state index is -0.953. The first kappa shape index (κ1) is 12.2. The number of nitrogens with zero attached hydrogens (tertiary/aromatic N) is 1. The van der Waals surface area contributed by atoms with Gasteiger partial charge >= 0.3 is 5.97 Å². The Kier molecular flexibility index (Phi) is 3.37. The highest BCUT2D eigenvalue weighted by Crippen LogP contribution is 2.24. The van der Waals surface area contributed by atoms with Crippen molar-refractivity contribution in [1.29, 1.82) is 0 Å². The summed E-state index contributed by atoms with van der Waals surface area (Å²) in [6, 6.07) is 9.61. The van der Waals surface area contributed by atoms with Crippen molar-refractivity contribution in [3.8, 4) is 11.1 Å². The summed E-state index contributed by atoms with van der Waals surface area (Å²) in [7, 11) is 0. The van der Waals surface area contributed by atoms with Crippen LogP contribution in [0, 0.1) is 12.7 Å². The molecule has 0 aliphatic heterocycles. The molecule has 0 amide bonds. The van der Waals surface area contributed by atoms with E-state index in [0.29, 0.717) is 16.8 Å². The second kappa shape index (κ2) is 4.96. The van der Waals surface area contributed by atoms with Gasteiger partial charge in [0.15, 0.2) is 0 Å². The van der Waals surface area contributed by atoms with Crippen molar-refractivity contribution in [2.45, 2.75) is 13.3 Å². The summed E-state index contributed by atoms with van der Waals surface area (Å²) in [6.07, 6.45) is -0.173. The third kappa shape index (κ3) is 2.71. The molecule has 0 spiro atoms. The van der Waals surface area contributed by atoms with Crippen LogP contribution in [0.1, 0.15) is 11.4 Å². The van der Waals surface area contributed by atoms with E-state index in [9.17, 15) is 9.18 Å². The van der Waals surface area contributed by atoms with Crippen molar-refractivity contribution >= 4 is 5.97 Å². The van der Waals surface area contributed by atoms with Crippen molar-refractivity contribution < 1.29 is 14.3 Å². The fourth-order valence-electron chi connectivity index (χ4n) is 1.81. The minimum Gasteiger partial charge on any atom is -0.481 e. The lowest BCUT2D eigenvalue weighted by Crippen LogP contribution is -2.05. The fourth-order valence-corrected chi connectivity index (χ4v) is 1.81. The number of halogens is 1. The molecule has 1 N–H and O–H groups in total. The summed E-state index contributed by atoms with van der Waals surface area (Å²) in [5.41, 5.74) is 2.49. The molecular weight excluding hydrogens is 233 g/mol. The average molecular weight is 245 g/mol. The number of carbonyl (C=O) groups is 1. The Morgan fingerprint density at radius 3 is 2.78 bits per heavy atom. The minimum absolute atomic E-state index is 0.173. The molecule has 1 aromatic carbocycles. The second-order valence-corrected chi connectivity index (χ2v) is 4.03. The van der Waals surface area contributed by atoms with Gasteiger partial charge in [-0.1, -0.05) is 18.2 Å². The highest BCUT2D eigenvalue weighted by atomic mass is 19.1. The molecule has 4 heteroatoms. The Bertz CT molecular complexity index is 596. The highest BCUT2D eigenvalue weighted by molar-refractivity contribution is 5.75. The third-order valence-corrected chi connectivity index (χ3v) is 2.57. The van der Waals surface area contributed by atoms with Crippen LogP contribution >= 0.6 is 0 Å². The van der Waals surface area contributed by atoms with Crippen LogP contribution in [-0.4, -0.2) is 16.1 Å². The fraction of sp³-hybridized carbons (Fsp3) is 0.143. The molecule has 0 aliphatic rings. The predicted octanol–water partition coefficient (Wildman–Crippen LogP) is 2.82. The van der Waals surface area contributed by atoms with Gasteiger partial charge < -0.3 is 5.11 Å². The Morgan fingerprint density at radius 1 is 1.33 bits per heavy atom. The van der Waals surface area contributed by atoms with Gasteiger partial charge in [0.25, 0.3) is 0 Å². The molecule has 0 unspecified atom stereocenters. The predicted molar refractivity (Wildman–Crippen MR) is 65.7 cm³/mol. The summed E-state index contributed by atoms with van der Waals surface area (Å²) < 4.78 is 13.2. The molecular formula is C14H12FNO2. The first-order valence-electron chi connectivity index (χ1n) is 5.50. The number of hydrogen-bond donors (Lipinski definition) is 1. The topological polar surface area (TPSA) is 50.2 Å². The molecule has 0 fully saturated rings. The van der Waals surface area contributed by atoms with Crippen molar-refractivity contribution in [3.05, 3.63) is 53.6 Å². The number of aliphatic carboxylic acids is 1. The molecule has 92 valence electrons. The normalized spacial score (nSPS) is 10.3. The standard InChI is InChI=1S/C14H12FNO2/c1-9-5-6-12(13(16-9)8-14(17)18)10-3-2-4-11(15)7-10/h2-7H,8H2,1H3,(H,17,18). The molecule has 3 nitrogen and oxygen atoms in total. The van der Waals surface area contributed by atoms with Gasteiger partial charge in [0.2, 0.25) is 0 Å². The second-order valence-electron chi connectivity index (χ2n) is 4.03. The first-order chi connectivity index (χ1) is 8.56. The molecule has 0 aliphatic carbocycles. The summed E-state index contributed by atoms with van der Waals surface area (Å²) >= 11 is 0. The monoisotopic (exact) mass is 245 g/mol. The lowest BCUT2D eigenvalue weighted by atomic mass is 10.0.